The van der Waals surface area contributed by atoms with Crippen LogP contribution in [0.2, 0.25) is 0 Å². The molecule has 0 saturated carbocycles. The Morgan fingerprint density at radius 3 is 1.63 bits per heavy atom. The van der Waals surface area contributed by atoms with Crippen LogP contribution in [0.1, 0.15) is 29.7 Å². The van der Waals surface area contributed by atoms with Crippen molar-refractivity contribution in [2.75, 3.05) is 0 Å². The summed E-state index contributed by atoms with van der Waals surface area (Å²) >= 11 is 0. The van der Waals surface area contributed by atoms with Crippen molar-refractivity contribution in [1.29, 1.82) is 0 Å². The molecule has 2 heterocycles. The lowest BCUT2D eigenvalue weighted by Crippen LogP contribution is -2.16. The highest BCUT2D eigenvalue weighted by molar-refractivity contribution is 6.21. The monoisotopic (exact) mass is 772 g/mol. The molecule has 0 amide bonds. The van der Waals surface area contributed by atoms with E-state index in [1.165, 1.54) is 5.56 Å². The van der Waals surface area contributed by atoms with E-state index < -0.39 is 0 Å². The molecule has 2 aromatic heterocycles. The zero-order chi connectivity index (χ0) is 40.4. The second-order valence-electron chi connectivity index (χ2n) is 15.0. The van der Waals surface area contributed by atoms with Crippen molar-refractivity contribution in [2.45, 2.75) is 13.0 Å². The van der Waals surface area contributed by atoms with Crippen LogP contribution in [0.5, 0.6) is 0 Å². The molecule has 286 valence electrons. The lowest BCUT2D eigenvalue weighted by molar-refractivity contribution is 0.669. The number of nitrogens with zero attached hydrogens (tertiary/aromatic N) is 3. The Hall–Kier alpha value is -7.89. The van der Waals surface area contributed by atoms with E-state index in [4.69, 9.17) is 25.1 Å². The van der Waals surface area contributed by atoms with E-state index in [9.17, 15) is 0 Å². The molecule has 1 unspecified atom stereocenters. The van der Waals surface area contributed by atoms with Crippen molar-refractivity contribution in [3.63, 3.8) is 0 Å². The van der Waals surface area contributed by atoms with Crippen LogP contribution in [0.15, 0.2) is 221 Å². The van der Waals surface area contributed by atoms with Gasteiger partial charge in [-0.2, -0.15) is 0 Å². The Morgan fingerprint density at radius 1 is 0.500 bits per heavy atom. The molecule has 8 aromatic carbocycles. The smallest absolute Gasteiger partial charge is 0.162 e. The van der Waals surface area contributed by atoms with Crippen LogP contribution in [0.3, 0.4) is 0 Å². The summed E-state index contributed by atoms with van der Waals surface area (Å²) in [5.74, 6) is 0.929. The number of hydrogen-bond donors (Lipinski definition) is 1. The van der Waals surface area contributed by atoms with Crippen LogP contribution in [-0.2, 0) is 0 Å². The van der Waals surface area contributed by atoms with Gasteiger partial charge in [0.25, 0.3) is 0 Å². The molecule has 0 radical (unpaired) electrons. The molecular weight excluding hydrogens is 733 g/mol. The SMILES string of the molecule is CC(N=C(N=C(N)c1ccc(-c2ccccc2)cc1)c1ccc(-c2nc3ccc(-c4ccccc4)cc3c3c2oc2ccccc23)cc1)c1ccc(-c2ccccc2)cc1. The largest absolute Gasteiger partial charge is 0.454 e. The van der Waals surface area contributed by atoms with E-state index in [2.05, 4.69) is 146 Å². The minimum Gasteiger partial charge on any atom is -0.454 e. The third-order valence-electron chi connectivity index (χ3n) is 11.2. The van der Waals surface area contributed by atoms with Gasteiger partial charge in [0.2, 0.25) is 0 Å². The van der Waals surface area contributed by atoms with Crippen LogP contribution < -0.4 is 5.73 Å². The van der Waals surface area contributed by atoms with Crippen molar-refractivity contribution in [1.82, 2.24) is 4.98 Å². The quantitative estimate of drug-likeness (QED) is 0.123. The number of furan rings is 1. The topological polar surface area (TPSA) is 76.8 Å². The molecular formula is C55H40N4O. The van der Waals surface area contributed by atoms with Gasteiger partial charge in [-0.1, -0.05) is 188 Å². The Labute approximate surface area is 348 Å². The van der Waals surface area contributed by atoms with E-state index in [1.54, 1.807) is 0 Å². The summed E-state index contributed by atoms with van der Waals surface area (Å²) in [5, 5.41) is 3.17. The predicted molar refractivity (Wildman–Crippen MR) is 249 cm³/mol. The maximum Gasteiger partial charge on any atom is 0.162 e. The maximum atomic E-state index is 6.79. The number of para-hydroxylation sites is 1. The number of nitrogens with two attached hydrogens (primary N) is 1. The van der Waals surface area contributed by atoms with Gasteiger partial charge >= 0.3 is 0 Å². The van der Waals surface area contributed by atoms with Gasteiger partial charge in [-0.15, -0.1) is 0 Å². The van der Waals surface area contributed by atoms with Gasteiger partial charge in [-0.25, -0.2) is 9.98 Å². The average Bonchev–Trinajstić information content (AvgIpc) is 3.72. The zero-order valence-electron chi connectivity index (χ0n) is 33.0. The summed E-state index contributed by atoms with van der Waals surface area (Å²) in [4.78, 5) is 15.5. The highest BCUT2D eigenvalue weighted by atomic mass is 16.3. The van der Waals surface area contributed by atoms with Crippen molar-refractivity contribution >= 4 is 44.5 Å². The first-order valence-electron chi connectivity index (χ1n) is 20.2. The molecule has 0 aliphatic carbocycles. The fourth-order valence-electron chi connectivity index (χ4n) is 7.92. The maximum absolute atomic E-state index is 6.79. The summed E-state index contributed by atoms with van der Waals surface area (Å²) in [5.41, 5.74) is 20.6. The molecule has 0 aliphatic heterocycles. The third kappa shape index (κ3) is 7.14. The summed E-state index contributed by atoms with van der Waals surface area (Å²) in [6.07, 6.45) is 0. The second-order valence-corrected chi connectivity index (χ2v) is 15.0. The highest BCUT2D eigenvalue weighted by Crippen LogP contribution is 2.40. The molecule has 10 rings (SSSR count). The van der Waals surface area contributed by atoms with Gasteiger partial charge in [0.1, 0.15) is 17.1 Å². The number of pyridine rings is 1. The summed E-state index contributed by atoms with van der Waals surface area (Å²) in [6, 6.07) is 70.6. The predicted octanol–water partition coefficient (Wildman–Crippen LogP) is 13.7. The standard InChI is InChI=1S/C55H40N4O/c1-36(37-21-23-41(24-22-37)38-13-5-2-6-14-38)57-55(59-54(56)44-29-25-42(26-30-44)39-15-7-3-8-16-39)45-31-27-43(28-32-45)52-53-51(47-19-11-12-20-50(47)60-53)48-35-46(33-34-49(48)58-52)40-17-9-4-10-18-40/h2-36H,1H3,(H2,56,57,59). The van der Waals surface area contributed by atoms with E-state index >= 15 is 0 Å². The number of fused-ring (bicyclic) bond motifs is 5. The van der Waals surface area contributed by atoms with E-state index in [0.29, 0.717) is 11.7 Å². The fourth-order valence-corrected chi connectivity index (χ4v) is 7.92. The molecule has 0 bridgehead atoms. The van der Waals surface area contributed by atoms with Gasteiger partial charge in [0.05, 0.1) is 11.6 Å². The normalized spacial score (nSPS) is 12.6. The van der Waals surface area contributed by atoms with Gasteiger partial charge < -0.3 is 10.2 Å². The van der Waals surface area contributed by atoms with E-state index in [1.807, 2.05) is 66.7 Å². The lowest BCUT2D eigenvalue weighted by Gasteiger charge is -2.12. The first kappa shape index (κ1) is 36.5. The molecule has 1 atom stereocenters. The fraction of sp³-hybridized carbons (Fsp3) is 0.0364. The number of benzene rings is 8. The first-order valence-corrected chi connectivity index (χ1v) is 20.2. The van der Waals surface area contributed by atoms with Crippen molar-refractivity contribution in [3.8, 4) is 44.6 Å². The Kier molecular flexibility index (Phi) is 9.60. The molecule has 10 aromatic rings. The molecule has 5 heteroatoms. The number of aliphatic imine (C=N–C) groups is 2. The Morgan fingerprint density at radius 2 is 1.00 bits per heavy atom. The molecule has 60 heavy (non-hydrogen) atoms. The van der Waals surface area contributed by atoms with Crippen LogP contribution in [-0.4, -0.2) is 16.7 Å². The van der Waals surface area contributed by atoms with Crippen LogP contribution in [0.25, 0.3) is 77.5 Å². The van der Waals surface area contributed by atoms with Crippen LogP contribution in [0.4, 0.5) is 0 Å². The molecule has 0 aliphatic rings. The first-order chi connectivity index (χ1) is 29.6. The number of amidine groups is 2. The third-order valence-corrected chi connectivity index (χ3v) is 11.2. The minimum absolute atomic E-state index is 0.195. The van der Waals surface area contributed by atoms with Gasteiger partial charge in [-0.05, 0) is 64.1 Å². The minimum atomic E-state index is -0.195. The number of hydrogen-bond acceptors (Lipinski definition) is 3. The van der Waals surface area contributed by atoms with E-state index in [0.717, 1.165) is 88.6 Å². The zero-order valence-corrected chi connectivity index (χ0v) is 33.0. The molecule has 0 fully saturated rings. The summed E-state index contributed by atoms with van der Waals surface area (Å²) < 4.78 is 6.62. The van der Waals surface area contributed by atoms with Gasteiger partial charge in [-0.3, -0.25) is 4.99 Å². The average molecular weight is 773 g/mol. The lowest BCUT2D eigenvalue weighted by atomic mass is 9.98. The molecule has 0 saturated heterocycles. The second kappa shape index (κ2) is 15.8. The summed E-state index contributed by atoms with van der Waals surface area (Å²) in [7, 11) is 0. The number of aromatic nitrogens is 1. The van der Waals surface area contributed by atoms with Gasteiger partial charge in [0.15, 0.2) is 11.4 Å². The van der Waals surface area contributed by atoms with Crippen molar-refractivity contribution in [3.05, 3.63) is 223 Å². The molecule has 5 nitrogen and oxygen atoms in total. The number of rotatable bonds is 8. The molecule has 0 spiro atoms. The Bertz CT molecular complexity index is 3170. The highest BCUT2D eigenvalue weighted by Gasteiger charge is 2.19. The van der Waals surface area contributed by atoms with Crippen LogP contribution in [0, 0.1) is 0 Å². The van der Waals surface area contributed by atoms with E-state index in [-0.39, 0.29) is 6.04 Å². The van der Waals surface area contributed by atoms with Crippen molar-refractivity contribution in [2.24, 2.45) is 15.7 Å². The Balaban J connectivity index is 1.05. The van der Waals surface area contributed by atoms with Gasteiger partial charge in [0, 0.05) is 32.8 Å². The summed E-state index contributed by atoms with van der Waals surface area (Å²) in [6.45, 7) is 2.09. The molecule has 2 N–H and O–H groups in total. The van der Waals surface area contributed by atoms with Crippen LogP contribution >= 0.6 is 0 Å². The van der Waals surface area contributed by atoms with Crippen molar-refractivity contribution < 1.29 is 4.42 Å².